The van der Waals surface area contributed by atoms with E-state index >= 15 is 0 Å². The number of rotatable bonds is 2. The zero-order chi connectivity index (χ0) is 22.9. The molecule has 3 aromatic carbocycles. The summed E-state index contributed by atoms with van der Waals surface area (Å²) in [7, 11) is 0. The number of nitrogens with zero attached hydrogens (tertiary/aromatic N) is 1. The number of hydrogen-bond acceptors (Lipinski definition) is 5. The van der Waals surface area contributed by atoms with Crippen LogP contribution >= 0.6 is 11.6 Å². The smallest absolute Gasteiger partial charge is 0.241 e. The number of carbonyl (C=O) groups is 4. The van der Waals surface area contributed by atoms with E-state index in [0.29, 0.717) is 5.56 Å². The van der Waals surface area contributed by atoms with Crippen LogP contribution in [0.5, 0.6) is 0 Å². The molecule has 3 aromatic rings. The quantitative estimate of drug-likeness (QED) is 0.428. The molecule has 0 bridgehead atoms. The number of ether oxygens (including phenoxy) is 1. The lowest BCUT2D eigenvalue weighted by atomic mass is 9.77. The van der Waals surface area contributed by atoms with Gasteiger partial charge in [-0.3, -0.25) is 19.2 Å². The molecule has 0 saturated carbocycles. The van der Waals surface area contributed by atoms with Crippen LogP contribution in [0.4, 0.5) is 5.69 Å². The van der Waals surface area contributed by atoms with Gasteiger partial charge in [-0.05, 0) is 17.7 Å². The Labute approximate surface area is 193 Å². The Hall–Kier alpha value is -3.61. The second-order valence-electron chi connectivity index (χ2n) is 8.36. The lowest BCUT2D eigenvalue weighted by molar-refractivity contribution is -0.127. The molecule has 0 N–H and O–H groups in total. The first-order valence-corrected chi connectivity index (χ1v) is 10.9. The third-order valence-electron chi connectivity index (χ3n) is 6.74. The van der Waals surface area contributed by atoms with Gasteiger partial charge in [-0.1, -0.05) is 78.3 Å². The number of halogens is 1. The maximum absolute atomic E-state index is 13.8. The van der Waals surface area contributed by atoms with Crippen LogP contribution in [0.1, 0.15) is 32.4 Å². The first-order chi connectivity index (χ1) is 16.0. The van der Waals surface area contributed by atoms with Crippen LogP contribution in [0.15, 0.2) is 78.9 Å². The largest absolute Gasteiger partial charge is 0.349 e. The number of hydrogen-bond donors (Lipinski definition) is 0. The van der Waals surface area contributed by atoms with Crippen molar-refractivity contribution in [2.24, 2.45) is 11.8 Å². The van der Waals surface area contributed by atoms with Gasteiger partial charge in [0.2, 0.25) is 29.0 Å². The van der Waals surface area contributed by atoms with Crippen LogP contribution in [0, 0.1) is 11.8 Å². The fourth-order valence-electron chi connectivity index (χ4n) is 5.33. The average Bonchev–Trinajstić information content (AvgIpc) is 3.40. The predicted octanol–water partition coefficient (Wildman–Crippen LogP) is 4.04. The van der Waals surface area contributed by atoms with Crippen molar-refractivity contribution in [3.63, 3.8) is 0 Å². The molecule has 33 heavy (non-hydrogen) atoms. The number of ketones is 2. The molecule has 0 radical (unpaired) electrons. The molecular formula is C26H16ClNO5. The molecule has 0 aromatic heterocycles. The zero-order valence-electron chi connectivity index (χ0n) is 17.1. The maximum atomic E-state index is 13.8. The van der Waals surface area contributed by atoms with E-state index in [1.807, 2.05) is 6.07 Å². The van der Waals surface area contributed by atoms with Gasteiger partial charge in [0.1, 0.15) is 0 Å². The second kappa shape index (κ2) is 6.94. The van der Waals surface area contributed by atoms with Crippen molar-refractivity contribution in [3.8, 4) is 0 Å². The molecule has 2 aliphatic heterocycles. The van der Waals surface area contributed by atoms with E-state index in [4.69, 9.17) is 16.3 Å². The van der Waals surface area contributed by atoms with Crippen molar-refractivity contribution in [1.82, 2.24) is 0 Å². The first-order valence-electron chi connectivity index (χ1n) is 10.5. The number of amides is 2. The highest BCUT2D eigenvalue weighted by Gasteiger charge is 2.74. The standard InChI is InChI=1S/C26H16ClNO5/c27-17-12-6-7-13-18(17)28-24(31)19-20(25(28)32)26(33-21(19)14-8-2-1-3-9-14)22(29)15-10-4-5-11-16(15)23(26)30/h1-13,19-21H/t19-,20+,21+/m0/s1. The molecular weight excluding hydrogens is 442 g/mol. The number of para-hydroxylation sites is 1. The topological polar surface area (TPSA) is 80.8 Å². The fraction of sp³-hybridized carbons (Fsp3) is 0.154. The molecule has 7 heteroatoms. The van der Waals surface area contributed by atoms with E-state index in [2.05, 4.69) is 0 Å². The third kappa shape index (κ3) is 2.47. The second-order valence-corrected chi connectivity index (χ2v) is 8.76. The van der Waals surface area contributed by atoms with E-state index in [0.717, 1.165) is 4.90 Å². The minimum absolute atomic E-state index is 0.200. The lowest BCUT2D eigenvalue weighted by Gasteiger charge is -2.27. The van der Waals surface area contributed by atoms with Crippen molar-refractivity contribution in [1.29, 1.82) is 0 Å². The summed E-state index contributed by atoms with van der Waals surface area (Å²) < 4.78 is 6.22. The van der Waals surface area contributed by atoms with E-state index in [9.17, 15) is 19.2 Å². The van der Waals surface area contributed by atoms with Crippen LogP contribution < -0.4 is 4.90 Å². The normalized spacial score (nSPS) is 25.1. The molecule has 0 unspecified atom stereocenters. The highest BCUT2D eigenvalue weighted by atomic mass is 35.5. The SMILES string of the molecule is O=C1[C@@H]2[C@@H](c3ccccc3)OC3(C(=O)c4ccccc4C3=O)[C@H]2C(=O)N1c1ccccc1Cl. The Kier molecular flexibility index (Phi) is 4.21. The third-order valence-corrected chi connectivity index (χ3v) is 7.06. The van der Waals surface area contributed by atoms with Gasteiger partial charge >= 0.3 is 0 Å². The predicted molar refractivity (Wildman–Crippen MR) is 119 cm³/mol. The highest BCUT2D eigenvalue weighted by molar-refractivity contribution is 6.39. The molecule has 162 valence electrons. The molecule has 3 atom stereocenters. The van der Waals surface area contributed by atoms with E-state index in [1.54, 1.807) is 72.8 Å². The first kappa shape index (κ1) is 20.0. The van der Waals surface area contributed by atoms with Crippen LogP contribution in [-0.4, -0.2) is 29.0 Å². The van der Waals surface area contributed by atoms with E-state index in [-0.39, 0.29) is 21.8 Å². The summed E-state index contributed by atoms with van der Waals surface area (Å²) in [6.07, 6.45) is -0.942. The number of imide groups is 1. The lowest BCUT2D eigenvalue weighted by Crippen LogP contribution is -2.51. The number of Topliss-reactive ketones (excluding diaryl/α,β-unsaturated/α-hetero) is 2. The van der Waals surface area contributed by atoms with Crippen molar-refractivity contribution < 1.29 is 23.9 Å². The van der Waals surface area contributed by atoms with Gasteiger partial charge in [0.05, 0.1) is 28.6 Å². The van der Waals surface area contributed by atoms with Crippen molar-refractivity contribution >= 4 is 40.7 Å². The van der Waals surface area contributed by atoms with Gasteiger partial charge in [0.15, 0.2) is 0 Å². The number of carbonyl (C=O) groups excluding carboxylic acids is 4. The average molecular weight is 458 g/mol. The van der Waals surface area contributed by atoms with E-state index in [1.165, 1.54) is 0 Å². The summed E-state index contributed by atoms with van der Waals surface area (Å²) in [5.74, 6) is -4.71. The molecule has 1 aliphatic carbocycles. The van der Waals surface area contributed by atoms with Crippen molar-refractivity contribution in [2.45, 2.75) is 11.7 Å². The van der Waals surface area contributed by atoms with Gasteiger partial charge in [-0.2, -0.15) is 0 Å². The Balaban J connectivity index is 1.57. The van der Waals surface area contributed by atoms with Gasteiger partial charge in [0, 0.05) is 11.1 Å². The molecule has 3 aliphatic rings. The van der Waals surface area contributed by atoms with Gasteiger partial charge in [0.25, 0.3) is 0 Å². The number of fused-ring (bicyclic) bond motifs is 3. The molecule has 2 saturated heterocycles. The summed E-state index contributed by atoms with van der Waals surface area (Å²) >= 11 is 6.32. The Morgan fingerprint density at radius 2 is 1.30 bits per heavy atom. The summed E-state index contributed by atoms with van der Waals surface area (Å²) in [6, 6.07) is 21.8. The van der Waals surface area contributed by atoms with Gasteiger partial charge in [-0.25, -0.2) is 4.90 Å². The summed E-state index contributed by atoms with van der Waals surface area (Å²) in [5.41, 5.74) is -0.848. The minimum atomic E-state index is -2.09. The molecule has 6 rings (SSSR count). The maximum Gasteiger partial charge on any atom is 0.241 e. The van der Waals surface area contributed by atoms with Crippen LogP contribution in [0.2, 0.25) is 5.02 Å². The van der Waals surface area contributed by atoms with Crippen LogP contribution in [0.25, 0.3) is 0 Å². The summed E-state index contributed by atoms with van der Waals surface area (Å²) in [4.78, 5) is 55.8. The zero-order valence-corrected chi connectivity index (χ0v) is 17.9. The molecule has 2 fully saturated rings. The molecule has 6 nitrogen and oxygen atoms in total. The Morgan fingerprint density at radius 3 is 1.94 bits per heavy atom. The van der Waals surface area contributed by atoms with Crippen LogP contribution in [-0.2, 0) is 14.3 Å². The summed E-state index contributed by atoms with van der Waals surface area (Å²) in [5, 5.41) is 0.220. The monoisotopic (exact) mass is 457 g/mol. The van der Waals surface area contributed by atoms with Crippen molar-refractivity contribution in [3.05, 3.63) is 101 Å². The number of benzene rings is 3. The van der Waals surface area contributed by atoms with Gasteiger partial charge < -0.3 is 4.74 Å². The van der Waals surface area contributed by atoms with E-state index < -0.39 is 46.9 Å². The highest BCUT2D eigenvalue weighted by Crippen LogP contribution is 2.58. The molecule has 2 heterocycles. The van der Waals surface area contributed by atoms with Crippen molar-refractivity contribution in [2.75, 3.05) is 4.90 Å². The Morgan fingerprint density at radius 1 is 0.727 bits per heavy atom. The van der Waals surface area contributed by atoms with Crippen LogP contribution in [0.3, 0.4) is 0 Å². The number of anilines is 1. The molecule has 2 amide bonds. The Bertz CT molecular complexity index is 1330. The van der Waals surface area contributed by atoms with Gasteiger partial charge in [-0.15, -0.1) is 0 Å². The molecule has 1 spiro atoms. The summed E-state index contributed by atoms with van der Waals surface area (Å²) in [6.45, 7) is 0. The fourth-order valence-corrected chi connectivity index (χ4v) is 5.55. The minimum Gasteiger partial charge on any atom is -0.349 e.